The molecule has 0 saturated carbocycles. The van der Waals surface area contributed by atoms with E-state index < -0.39 is 0 Å². The Balaban J connectivity index is 2.19. The van der Waals surface area contributed by atoms with Gasteiger partial charge in [-0.25, -0.2) is 5.06 Å². The van der Waals surface area contributed by atoms with Gasteiger partial charge in [-0.15, -0.1) is 0 Å². The molecule has 0 saturated heterocycles. The number of benzene rings is 1. The van der Waals surface area contributed by atoms with Crippen LogP contribution in [-0.4, -0.2) is 22.7 Å². The number of unbranched alkanes of at least 4 members (excludes halogenated alkanes) is 12. The topological polar surface area (TPSA) is 40.5 Å². The van der Waals surface area contributed by atoms with Crippen LogP contribution in [0.1, 0.15) is 120 Å². The normalized spacial score (nSPS) is 11.0. The molecule has 3 heteroatoms. The fourth-order valence-electron chi connectivity index (χ4n) is 3.57. The number of hydrogen-bond acceptors (Lipinski definition) is 2. The summed E-state index contributed by atoms with van der Waals surface area (Å²) >= 11 is 0. The lowest BCUT2D eigenvalue weighted by molar-refractivity contribution is -0.0588. The van der Waals surface area contributed by atoms with E-state index in [1.165, 1.54) is 82.6 Å². The van der Waals surface area contributed by atoms with Gasteiger partial charge < -0.3 is 0 Å². The molecule has 0 aliphatic heterocycles. The van der Waals surface area contributed by atoms with E-state index in [9.17, 15) is 10.0 Å². The van der Waals surface area contributed by atoms with Crippen LogP contribution >= 0.6 is 0 Å². The number of carbonyl (C=O) groups is 1. The van der Waals surface area contributed by atoms with Gasteiger partial charge in [0, 0.05) is 12.1 Å². The molecular weight excluding hydrogens is 346 g/mol. The van der Waals surface area contributed by atoms with Crippen LogP contribution in [0.25, 0.3) is 0 Å². The SMILES string of the molecule is CCCCCCCCCCc1ccc(C(=O)N(O)CCCCCCCC)cc1. The van der Waals surface area contributed by atoms with Gasteiger partial charge in [0.05, 0.1) is 0 Å². The first-order chi connectivity index (χ1) is 13.7. The van der Waals surface area contributed by atoms with Gasteiger partial charge in [0.25, 0.3) is 5.91 Å². The minimum atomic E-state index is -0.285. The van der Waals surface area contributed by atoms with Gasteiger partial charge in [0.15, 0.2) is 0 Å². The highest BCUT2D eigenvalue weighted by atomic mass is 16.5. The van der Waals surface area contributed by atoms with Gasteiger partial charge in [0.2, 0.25) is 0 Å². The van der Waals surface area contributed by atoms with E-state index in [4.69, 9.17) is 0 Å². The van der Waals surface area contributed by atoms with Gasteiger partial charge in [-0.2, -0.15) is 0 Å². The summed E-state index contributed by atoms with van der Waals surface area (Å²) in [5.41, 5.74) is 1.86. The Morgan fingerprint density at radius 3 is 1.71 bits per heavy atom. The van der Waals surface area contributed by atoms with Crippen molar-refractivity contribution >= 4 is 5.91 Å². The van der Waals surface area contributed by atoms with E-state index in [1.807, 2.05) is 24.3 Å². The summed E-state index contributed by atoms with van der Waals surface area (Å²) in [6.45, 7) is 4.88. The molecule has 0 atom stereocenters. The first kappa shape index (κ1) is 24.7. The fraction of sp³-hybridized carbons (Fsp3) is 0.720. The zero-order valence-corrected chi connectivity index (χ0v) is 18.4. The van der Waals surface area contributed by atoms with Gasteiger partial charge in [-0.1, -0.05) is 103 Å². The number of nitrogens with zero attached hydrogens (tertiary/aromatic N) is 1. The molecule has 1 aromatic carbocycles. The minimum Gasteiger partial charge on any atom is -0.286 e. The second kappa shape index (κ2) is 16.6. The Kier molecular flexibility index (Phi) is 14.6. The molecule has 0 bridgehead atoms. The molecule has 1 amide bonds. The van der Waals surface area contributed by atoms with Gasteiger partial charge in [0.1, 0.15) is 0 Å². The maximum Gasteiger partial charge on any atom is 0.277 e. The predicted molar refractivity (Wildman–Crippen MR) is 119 cm³/mol. The van der Waals surface area contributed by atoms with Crippen LogP contribution in [0.2, 0.25) is 0 Å². The molecule has 0 aliphatic rings. The third-order valence-corrected chi connectivity index (χ3v) is 5.48. The van der Waals surface area contributed by atoms with E-state index in [0.29, 0.717) is 12.1 Å². The molecule has 1 aromatic rings. The van der Waals surface area contributed by atoms with Crippen LogP contribution in [0.4, 0.5) is 0 Å². The lowest BCUT2D eigenvalue weighted by atomic mass is 10.0. The Morgan fingerprint density at radius 1 is 0.714 bits per heavy atom. The van der Waals surface area contributed by atoms with Crippen molar-refractivity contribution < 1.29 is 10.0 Å². The molecular formula is C25H43NO2. The fourth-order valence-corrected chi connectivity index (χ4v) is 3.57. The second-order valence-corrected chi connectivity index (χ2v) is 8.12. The molecule has 28 heavy (non-hydrogen) atoms. The molecule has 0 unspecified atom stereocenters. The van der Waals surface area contributed by atoms with E-state index in [0.717, 1.165) is 24.3 Å². The lowest BCUT2D eigenvalue weighted by Gasteiger charge is -2.15. The highest BCUT2D eigenvalue weighted by molar-refractivity contribution is 5.93. The largest absolute Gasteiger partial charge is 0.286 e. The van der Waals surface area contributed by atoms with E-state index in [1.54, 1.807) is 0 Å². The van der Waals surface area contributed by atoms with Crippen LogP contribution in [0.5, 0.6) is 0 Å². The number of hydrogen-bond donors (Lipinski definition) is 1. The lowest BCUT2D eigenvalue weighted by Crippen LogP contribution is -2.28. The Morgan fingerprint density at radius 2 is 1.18 bits per heavy atom. The standard InChI is InChI=1S/C25H43NO2/c1-3-5-7-9-11-12-13-15-17-23-18-20-24(21-19-23)25(27)26(28)22-16-14-10-8-6-4-2/h18-21,28H,3-17,22H2,1-2H3. The van der Waals surface area contributed by atoms with E-state index in [2.05, 4.69) is 13.8 Å². The van der Waals surface area contributed by atoms with Crippen molar-refractivity contribution in [1.29, 1.82) is 0 Å². The smallest absolute Gasteiger partial charge is 0.277 e. The van der Waals surface area contributed by atoms with Crippen molar-refractivity contribution in [3.63, 3.8) is 0 Å². The first-order valence-electron chi connectivity index (χ1n) is 11.8. The van der Waals surface area contributed by atoms with Gasteiger partial charge >= 0.3 is 0 Å². The Hall–Kier alpha value is -1.35. The van der Waals surface area contributed by atoms with Crippen molar-refractivity contribution in [3.05, 3.63) is 35.4 Å². The predicted octanol–water partition coefficient (Wildman–Crippen LogP) is 7.56. The molecule has 1 rings (SSSR count). The summed E-state index contributed by atoms with van der Waals surface area (Å²) in [6, 6.07) is 7.78. The minimum absolute atomic E-state index is 0.285. The molecule has 0 spiro atoms. The van der Waals surface area contributed by atoms with Crippen molar-refractivity contribution in [2.45, 2.75) is 110 Å². The summed E-state index contributed by atoms with van der Waals surface area (Å²) in [4.78, 5) is 12.3. The van der Waals surface area contributed by atoms with Gasteiger partial charge in [-0.3, -0.25) is 10.0 Å². The van der Waals surface area contributed by atoms with Crippen molar-refractivity contribution in [1.82, 2.24) is 5.06 Å². The zero-order valence-electron chi connectivity index (χ0n) is 18.4. The second-order valence-electron chi connectivity index (χ2n) is 8.12. The summed E-state index contributed by atoms with van der Waals surface area (Å²) < 4.78 is 0. The summed E-state index contributed by atoms with van der Waals surface area (Å²) in [5, 5.41) is 10.9. The van der Waals surface area contributed by atoms with Crippen LogP contribution < -0.4 is 0 Å². The van der Waals surface area contributed by atoms with Crippen LogP contribution in [0, 0.1) is 0 Å². The highest BCUT2D eigenvalue weighted by Gasteiger charge is 2.13. The molecule has 0 fully saturated rings. The molecule has 3 nitrogen and oxygen atoms in total. The van der Waals surface area contributed by atoms with Crippen LogP contribution in [0.3, 0.4) is 0 Å². The van der Waals surface area contributed by atoms with Crippen LogP contribution in [0.15, 0.2) is 24.3 Å². The number of rotatable bonds is 17. The Labute approximate surface area is 173 Å². The summed E-state index contributed by atoms with van der Waals surface area (Å²) in [7, 11) is 0. The number of carbonyl (C=O) groups excluding carboxylic acids is 1. The maximum absolute atomic E-state index is 12.3. The van der Waals surface area contributed by atoms with E-state index >= 15 is 0 Å². The Bertz CT molecular complexity index is 498. The van der Waals surface area contributed by atoms with Crippen molar-refractivity contribution in [3.8, 4) is 0 Å². The van der Waals surface area contributed by atoms with Crippen molar-refractivity contribution in [2.75, 3.05) is 6.54 Å². The average Bonchev–Trinajstić information content (AvgIpc) is 2.72. The third-order valence-electron chi connectivity index (χ3n) is 5.48. The number of aryl methyl sites for hydroxylation is 1. The molecule has 0 radical (unpaired) electrons. The molecule has 1 N–H and O–H groups in total. The highest BCUT2D eigenvalue weighted by Crippen LogP contribution is 2.13. The quantitative estimate of drug-likeness (QED) is 0.170. The molecule has 0 aromatic heterocycles. The molecule has 0 heterocycles. The van der Waals surface area contributed by atoms with Crippen molar-refractivity contribution in [2.24, 2.45) is 0 Å². The first-order valence-corrected chi connectivity index (χ1v) is 11.8. The van der Waals surface area contributed by atoms with E-state index in [-0.39, 0.29) is 5.91 Å². The number of hydroxylamine groups is 2. The third kappa shape index (κ3) is 11.5. The summed E-state index contributed by atoms with van der Waals surface area (Å²) in [6.07, 6.45) is 18.6. The summed E-state index contributed by atoms with van der Waals surface area (Å²) in [5.74, 6) is -0.285. The molecule has 0 aliphatic carbocycles. The van der Waals surface area contributed by atoms with Gasteiger partial charge in [-0.05, 0) is 37.0 Å². The van der Waals surface area contributed by atoms with Crippen LogP contribution in [-0.2, 0) is 6.42 Å². The maximum atomic E-state index is 12.3. The molecule has 160 valence electrons. The number of amides is 1. The monoisotopic (exact) mass is 389 g/mol. The zero-order chi connectivity index (χ0) is 20.5. The average molecular weight is 390 g/mol.